The molecule has 3 aromatic heterocycles. The molecule has 0 spiro atoms. The van der Waals surface area contributed by atoms with Gasteiger partial charge in [0, 0.05) is 24.5 Å². The van der Waals surface area contributed by atoms with Crippen LogP contribution in [0.5, 0.6) is 11.5 Å². The zero-order chi connectivity index (χ0) is 12.0. The van der Waals surface area contributed by atoms with Crippen LogP contribution in [0.2, 0.25) is 0 Å². The third-order valence-electron chi connectivity index (χ3n) is 2.40. The van der Waals surface area contributed by atoms with Crippen molar-refractivity contribution in [2.45, 2.75) is 0 Å². The number of fused-ring (bicyclic) bond motifs is 2. The molecule has 0 aliphatic heterocycles. The van der Waals surface area contributed by atoms with Gasteiger partial charge < -0.3 is 14.6 Å². The minimum absolute atomic E-state index is 0.0180. The molecule has 0 unspecified atom stereocenters. The van der Waals surface area contributed by atoms with Gasteiger partial charge in [-0.25, -0.2) is 9.97 Å². The van der Waals surface area contributed by atoms with E-state index in [2.05, 4.69) is 9.97 Å². The molecule has 0 aromatic carbocycles. The minimum Gasteiger partial charge on any atom is -0.504 e. The van der Waals surface area contributed by atoms with Crippen molar-refractivity contribution in [1.29, 1.82) is 0 Å². The average molecular weight is 230 g/mol. The van der Waals surface area contributed by atoms with Crippen LogP contribution < -0.4 is 5.43 Å². The quantitative estimate of drug-likeness (QED) is 0.562. The van der Waals surface area contributed by atoms with E-state index < -0.39 is 5.43 Å². The Labute approximate surface area is 93.8 Å². The number of pyridine rings is 2. The van der Waals surface area contributed by atoms with Gasteiger partial charge in [0.2, 0.25) is 5.43 Å². The van der Waals surface area contributed by atoms with Crippen molar-refractivity contribution in [1.82, 2.24) is 9.97 Å². The molecule has 0 bridgehead atoms. The Morgan fingerprint density at radius 3 is 1.88 bits per heavy atom. The van der Waals surface area contributed by atoms with Gasteiger partial charge in [0.15, 0.2) is 33.7 Å². The van der Waals surface area contributed by atoms with E-state index in [1.807, 2.05) is 0 Å². The van der Waals surface area contributed by atoms with Crippen LogP contribution in [0.25, 0.3) is 22.2 Å². The number of hydrogen-bond donors (Lipinski definition) is 2. The standard InChI is InChI=1S/C11H6N2O4/c14-5-1-3-12-7-9(16)8-11(17-10(5)7)6(15)2-4-13-8/h1-4H,(H,12,14)(H,13,15). The van der Waals surface area contributed by atoms with E-state index in [4.69, 9.17) is 4.42 Å². The van der Waals surface area contributed by atoms with Crippen molar-refractivity contribution in [3.63, 3.8) is 0 Å². The van der Waals surface area contributed by atoms with Crippen LogP contribution >= 0.6 is 0 Å². The second kappa shape index (κ2) is 3.18. The van der Waals surface area contributed by atoms with Gasteiger partial charge in [-0.15, -0.1) is 0 Å². The topological polar surface area (TPSA) is 96.5 Å². The van der Waals surface area contributed by atoms with Gasteiger partial charge in [0.25, 0.3) is 0 Å². The van der Waals surface area contributed by atoms with E-state index in [9.17, 15) is 15.0 Å². The van der Waals surface area contributed by atoms with Crippen molar-refractivity contribution in [3.05, 3.63) is 34.7 Å². The first kappa shape index (κ1) is 9.59. The van der Waals surface area contributed by atoms with Gasteiger partial charge >= 0.3 is 0 Å². The van der Waals surface area contributed by atoms with E-state index in [0.717, 1.165) is 0 Å². The molecule has 0 fully saturated rings. The number of hydrogen-bond acceptors (Lipinski definition) is 6. The Hall–Kier alpha value is -2.63. The van der Waals surface area contributed by atoms with Gasteiger partial charge in [-0.2, -0.15) is 0 Å². The first-order chi connectivity index (χ1) is 8.18. The third-order valence-corrected chi connectivity index (χ3v) is 2.40. The predicted octanol–water partition coefficient (Wildman–Crippen LogP) is 1.15. The molecule has 0 aliphatic rings. The molecular formula is C11H6N2O4. The molecule has 2 N–H and O–H groups in total. The van der Waals surface area contributed by atoms with Crippen LogP contribution in [0.4, 0.5) is 0 Å². The number of rotatable bonds is 0. The maximum Gasteiger partial charge on any atom is 0.237 e. The number of aromatic hydroxyl groups is 2. The van der Waals surface area contributed by atoms with Gasteiger partial charge in [-0.05, 0) is 0 Å². The Balaban J connectivity index is 2.68. The van der Waals surface area contributed by atoms with E-state index in [0.29, 0.717) is 0 Å². The second-order valence-electron chi connectivity index (χ2n) is 3.45. The summed E-state index contributed by atoms with van der Waals surface area (Å²) in [5.41, 5.74) is -0.652. The lowest BCUT2D eigenvalue weighted by molar-refractivity contribution is 0.454. The Kier molecular flexibility index (Phi) is 1.79. The summed E-state index contributed by atoms with van der Waals surface area (Å²) in [4.78, 5) is 19.7. The number of aromatic nitrogens is 2. The SMILES string of the molecule is O=c1c2nccc(O)c2oc2c(O)ccnc12. The Morgan fingerprint density at radius 1 is 0.941 bits per heavy atom. The van der Waals surface area contributed by atoms with Crippen LogP contribution in [0.3, 0.4) is 0 Å². The summed E-state index contributed by atoms with van der Waals surface area (Å²) in [7, 11) is 0. The fourth-order valence-electron chi connectivity index (χ4n) is 1.61. The molecule has 0 aliphatic carbocycles. The molecule has 0 saturated carbocycles. The lowest BCUT2D eigenvalue weighted by Crippen LogP contribution is -2.05. The molecule has 0 amide bonds. The normalized spacial score (nSPS) is 11.1. The summed E-state index contributed by atoms with van der Waals surface area (Å²) in [6, 6.07) is 2.59. The highest BCUT2D eigenvalue weighted by atomic mass is 16.4. The van der Waals surface area contributed by atoms with Crippen molar-refractivity contribution < 1.29 is 14.6 Å². The lowest BCUT2D eigenvalue weighted by atomic mass is 10.2. The molecule has 6 nitrogen and oxygen atoms in total. The highest BCUT2D eigenvalue weighted by Gasteiger charge is 2.14. The van der Waals surface area contributed by atoms with Crippen molar-refractivity contribution in [2.24, 2.45) is 0 Å². The molecular weight excluding hydrogens is 224 g/mol. The Morgan fingerprint density at radius 2 is 1.41 bits per heavy atom. The summed E-state index contributed by atoms with van der Waals surface area (Å²) in [6.07, 6.45) is 2.59. The van der Waals surface area contributed by atoms with Crippen molar-refractivity contribution >= 4 is 22.2 Å². The van der Waals surface area contributed by atoms with E-state index >= 15 is 0 Å². The summed E-state index contributed by atoms with van der Waals surface area (Å²) in [5.74, 6) is -0.422. The van der Waals surface area contributed by atoms with Crippen LogP contribution in [0.1, 0.15) is 0 Å². The number of nitrogens with zero attached hydrogens (tertiary/aromatic N) is 2. The molecule has 84 valence electrons. The largest absolute Gasteiger partial charge is 0.504 e. The van der Waals surface area contributed by atoms with Crippen molar-refractivity contribution in [3.8, 4) is 11.5 Å². The van der Waals surface area contributed by atoms with Gasteiger partial charge in [-0.3, -0.25) is 4.79 Å². The lowest BCUT2D eigenvalue weighted by Gasteiger charge is -2.02. The van der Waals surface area contributed by atoms with Crippen LogP contribution in [0.15, 0.2) is 33.7 Å². The molecule has 0 radical (unpaired) electrons. The zero-order valence-electron chi connectivity index (χ0n) is 8.41. The predicted molar refractivity (Wildman–Crippen MR) is 58.9 cm³/mol. The summed E-state index contributed by atoms with van der Waals surface area (Å²) < 4.78 is 5.26. The monoisotopic (exact) mass is 230 g/mol. The Bertz CT molecular complexity index is 731. The van der Waals surface area contributed by atoms with E-state index in [-0.39, 0.29) is 33.7 Å². The highest BCUT2D eigenvalue weighted by molar-refractivity contribution is 5.89. The second-order valence-corrected chi connectivity index (χ2v) is 3.45. The average Bonchev–Trinajstić information content (AvgIpc) is 2.32. The summed E-state index contributed by atoms with van der Waals surface area (Å²) >= 11 is 0. The van der Waals surface area contributed by atoms with E-state index in [1.165, 1.54) is 24.5 Å². The molecule has 0 saturated heterocycles. The fourth-order valence-corrected chi connectivity index (χ4v) is 1.61. The third kappa shape index (κ3) is 1.24. The zero-order valence-corrected chi connectivity index (χ0v) is 8.41. The van der Waals surface area contributed by atoms with Crippen LogP contribution in [-0.4, -0.2) is 20.2 Å². The minimum atomic E-state index is -0.493. The van der Waals surface area contributed by atoms with Gasteiger partial charge in [0.05, 0.1) is 0 Å². The molecule has 0 atom stereocenters. The molecule has 6 heteroatoms. The van der Waals surface area contributed by atoms with E-state index in [1.54, 1.807) is 0 Å². The molecule has 3 rings (SSSR count). The summed E-state index contributed by atoms with van der Waals surface area (Å²) in [6.45, 7) is 0. The molecule has 17 heavy (non-hydrogen) atoms. The first-order valence-corrected chi connectivity index (χ1v) is 4.77. The molecule has 3 heterocycles. The molecule has 3 aromatic rings. The van der Waals surface area contributed by atoms with Crippen LogP contribution in [0, 0.1) is 0 Å². The first-order valence-electron chi connectivity index (χ1n) is 4.77. The van der Waals surface area contributed by atoms with Crippen molar-refractivity contribution in [2.75, 3.05) is 0 Å². The van der Waals surface area contributed by atoms with Gasteiger partial charge in [0.1, 0.15) is 0 Å². The maximum absolute atomic E-state index is 12.0. The van der Waals surface area contributed by atoms with Crippen LogP contribution in [-0.2, 0) is 0 Å². The smallest absolute Gasteiger partial charge is 0.237 e. The highest BCUT2D eigenvalue weighted by Crippen LogP contribution is 2.27. The fraction of sp³-hybridized carbons (Fsp3) is 0. The van der Waals surface area contributed by atoms with Gasteiger partial charge in [-0.1, -0.05) is 0 Å². The summed E-state index contributed by atoms with van der Waals surface area (Å²) in [5, 5.41) is 19.1. The maximum atomic E-state index is 12.0.